The van der Waals surface area contributed by atoms with Crippen LogP contribution in [0, 0.1) is 0 Å². The lowest BCUT2D eigenvalue weighted by molar-refractivity contribution is -0.143. The molecule has 0 bridgehead atoms. The molecule has 0 fully saturated rings. The molecule has 2 heterocycles. The Hall–Kier alpha value is -4.08. The summed E-state index contributed by atoms with van der Waals surface area (Å²) in [6.07, 6.45) is 3.86. The number of carbonyl (C=O) groups is 2. The lowest BCUT2D eigenvalue weighted by Crippen LogP contribution is -2.26. The van der Waals surface area contributed by atoms with E-state index in [-0.39, 0.29) is 72.6 Å². The molecule has 40 heavy (non-hydrogen) atoms. The number of rotatable bonds is 16. The van der Waals surface area contributed by atoms with Gasteiger partial charge in [0.1, 0.15) is 13.2 Å². The van der Waals surface area contributed by atoms with Crippen LogP contribution in [0.1, 0.15) is 65.2 Å². The van der Waals surface area contributed by atoms with Crippen molar-refractivity contribution in [3.63, 3.8) is 0 Å². The van der Waals surface area contributed by atoms with Crippen LogP contribution in [0.2, 0.25) is 0 Å². The molecule has 1 aromatic carbocycles. The quantitative estimate of drug-likeness (QED) is 0.150. The molecule has 10 nitrogen and oxygen atoms in total. The highest BCUT2D eigenvalue weighted by Crippen LogP contribution is 2.15. The minimum Gasteiger partial charge on any atom is -0.461 e. The smallest absolute Gasteiger partial charge is 0.306 e. The molecular formula is C30H36N2O8. The Morgan fingerprint density at radius 2 is 0.925 bits per heavy atom. The summed E-state index contributed by atoms with van der Waals surface area (Å²) >= 11 is 0. The van der Waals surface area contributed by atoms with Gasteiger partial charge in [-0.05, 0) is 62.8 Å². The number of fused-ring (bicyclic) bond motifs is 2. The van der Waals surface area contributed by atoms with Crippen LogP contribution in [0.4, 0.5) is 0 Å². The SMILES string of the molecule is C=C(C)COC(=O)CCCCCn1c(=O)c2cc3c(=O)n(CCCCCC(=O)OCC(=C)C)c(=O)c3cc2c1=O. The van der Waals surface area contributed by atoms with Crippen LogP contribution in [0.5, 0.6) is 0 Å². The molecule has 0 amide bonds. The molecule has 214 valence electrons. The van der Waals surface area contributed by atoms with E-state index in [0.29, 0.717) is 38.5 Å². The van der Waals surface area contributed by atoms with Crippen LogP contribution < -0.4 is 22.2 Å². The van der Waals surface area contributed by atoms with Crippen molar-refractivity contribution in [2.75, 3.05) is 13.2 Å². The Morgan fingerprint density at radius 3 is 1.23 bits per heavy atom. The van der Waals surface area contributed by atoms with Gasteiger partial charge < -0.3 is 9.47 Å². The number of aromatic nitrogens is 2. The Balaban J connectivity index is 1.62. The standard InChI is InChI=1S/C30H36N2O8/c1-19(2)17-39-25(33)11-7-5-9-13-31-27(35)21-15-23-24(16-22(21)28(31)36)30(38)32(29(23)37)14-10-6-8-12-26(34)40-18-20(3)4/h15-16H,1,3,5-14,17-18H2,2,4H3. The fourth-order valence-electron chi connectivity index (χ4n) is 4.46. The zero-order chi connectivity index (χ0) is 29.4. The van der Waals surface area contributed by atoms with E-state index in [1.54, 1.807) is 13.8 Å². The summed E-state index contributed by atoms with van der Waals surface area (Å²) in [6.45, 7) is 11.6. The van der Waals surface area contributed by atoms with E-state index in [2.05, 4.69) is 13.2 Å². The first-order valence-electron chi connectivity index (χ1n) is 13.5. The summed E-state index contributed by atoms with van der Waals surface area (Å²) in [7, 11) is 0. The molecule has 0 aliphatic heterocycles. The average molecular weight is 553 g/mol. The van der Waals surface area contributed by atoms with Crippen molar-refractivity contribution in [2.45, 2.75) is 78.3 Å². The predicted octanol–water partition coefficient (Wildman–Crippen LogP) is 3.27. The number of nitrogens with zero attached hydrogens (tertiary/aromatic N) is 2. The molecule has 0 radical (unpaired) electrons. The topological polar surface area (TPSA) is 131 Å². The summed E-state index contributed by atoms with van der Waals surface area (Å²) in [5.74, 6) is -0.638. The van der Waals surface area contributed by atoms with Gasteiger partial charge in [0.25, 0.3) is 22.2 Å². The zero-order valence-corrected chi connectivity index (χ0v) is 23.2. The van der Waals surface area contributed by atoms with E-state index in [1.807, 2.05) is 0 Å². The zero-order valence-electron chi connectivity index (χ0n) is 23.2. The van der Waals surface area contributed by atoms with Gasteiger partial charge in [-0.25, -0.2) is 0 Å². The molecule has 0 unspecified atom stereocenters. The largest absolute Gasteiger partial charge is 0.461 e. The van der Waals surface area contributed by atoms with Gasteiger partial charge in [-0.15, -0.1) is 0 Å². The van der Waals surface area contributed by atoms with E-state index >= 15 is 0 Å². The molecule has 0 saturated carbocycles. The molecule has 10 heteroatoms. The van der Waals surface area contributed by atoms with Gasteiger partial charge in [-0.3, -0.25) is 37.9 Å². The second kappa shape index (κ2) is 13.8. The molecule has 0 aliphatic carbocycles. The van der Waals surface area contributed by atoms with E-state index in [0.717, 1.165) is 20.3 Å². The van der Waals surface area contributed by atoms with Gasteiger partial charge in [0.05, 0.1) is 21.5 Å². The maximum absolute atomic E-state index is 13.0. The fraction of sp³-hybridized carbons (Fsp3) is 0.467. The Labute approximate surface area is 231 Å². The predicted molar refractivity (Wildman–Crippen MR) is 153 cm³/mol. The van der Waals surface area contributed by atoms with E-state index in [4.69, 9.17) is 9.47 Å². The van der Waals surface area contributed by atoms with Crippen LogP contribution in [-0.4, -0.2) is 34.3 Å². The summed E-state index contributed by atoms with van der Waals surface area (Å²) in [5, 5.41) is 0.457. The highest BCUT2D eigenvalue weighted by Gasteiger charge is 2.19. The van der Waals surface area contributed by atoms with Crippen molar-refractivity contribution in [2.24, 2.45) is 0 Å². The summed E-state index contributed by atoms with van der Waals surface area (Å²) in [5.41, 5.74) is -0.484. The minimum absolute atomic E-state index is 0.114. The molecule has 0 aliphatic rings. The number of unbranched alkanes of at least 4 members (excludes halogenated alkanes) is 4. The van der Waals surface area contributed by atoms with Gasteiger partial charge in [0.2, 0.25) is 0 Å². The van der Waals surface area contributed by atoms with E-state index in [1.165, 1.54) is 12.1 Å². The summed E-state index contributed by atoms with van der Waals surface area (Å²) in [4.78, 5) is 75.2. The number of hydrogen-bond acceptors (Lipinski definition) is 8. The number of esters is 2. The Bertz CT molecular complexity index is 1440. The Morgan fingerprint density at radius 1 is 0.600 bits per heavy atom. The second-order valence-corrected chi connectivity index (χ2v) is 10.3. The highest BCUT2D eigenvalue weighted by molar-refractivity contribution is 5.97. The van der Waals surface area contributed by atoms with Crippen molar-refractivity contribution in [1.29, 1.82) is 0 Å². The van der Waals surface area contributed by atoms with Crippen LogP contribution in [0.3, 0.4) is 0 Å². The average Bonchev–Trinajstić information content (AvgIpc) is 3.28. The normalized spacial score (nSPS) is 11.2. The fourth-order valence-corrected chi connectivity index (χ4v) is 4.46. The highest BCUT2D eigenvalue weighted by atomic mass is 16.5. The number of carbonyl (C=O) groups excluding carboxylic acids is 2. The van der Waals surface area contributed by atoms with Crippen LogP contribution in [0.25, 0.3) is 21.5 Å². The van der Waals surface area contributed by atoms with Gasteiger partial charge in [0.15, 0.2) is 0 Å². The van der Waals surface area contributed by atoms with Gasteiger partial charge in [-0.2, -0.15) is 0 Å². The van der Waals surface area contributed by atoms with Crippen LogP contribution in [0.15, 0.2) is 55.6 Å². The molecule has 0 N–H and O–H groups in total. The monoisotopic (exact) mass is 552 g/mol. The van der Waals surface area contributed by atoms with E-state index < -0.39 is 22.2 Å². The molecule has 0 saturated heterocycles. The number of hydrogen-bond donors (Lipinski definition) is 0. The van der Waals surface area contributed by atoms with Crippen LogP contribution >= 0.6 is 0 Å². The molecule has 3 rings (SSSR count). The van der Waals surface area contributed by atoms with Crippen molar-refractivity contribution in [3.05, 3.63) is 77.9 Å². The lowest BCUT2D eigenvalue weighted by atomic mass is 10.1. The summed E-state index contributed by atoms with van der Waals surface area (Å²) < 4.78 is 12.3. The molecule has 0 atom stereocenters. The van der Waals surface area contributed by atoms with Gasteiger partial charge in [-0.1, -0.05) is 26.0 Å². The first-order chi connectivity index (χ1) is 19.0. The third kappa shape index (κ3) is 7.52. The van der Waals surface area contributed by atoms with Crippen molar-refractivity contribution >= 4 is 33.5 Å². The first-order valence-corrected chi connectivity index (χ1v) is 13.5. The third-order valence-electron chi connectivity index (χ3n) is 6.54. The molecule has 2 aromatic heterocycles. The Kier molecular flexibility index (Phi) is 10.5. The van der Waals surface area contributed by atoms with Crippen molar-refractivity contribution in [1.82, 2.24) is 9.13 Å². The number of ether oxygens (including phenoxy) is 2. The first kappa shape index (κ1) is 30.5. The second-order valence-electron chi connectivity index (χ2n) is 10.3. The van der Waals surface area contributed by atoms with Crippen molar-refractivity contribution < 1.29 is 19.1 Å². The minimum atomic E-state index is -0.499. The third-order valence-corrected chi connectivity index (χ3v) is 6.54. The van der Waals surface area contributed by atoms with Crippen LogP contribution in [-0.2, 0) is 32.2 Å². The molecule has 0 spiro atoms. The number of benzene rings is 1. The van der Waals surface area contributed by atoms with E-state index in [9.17, 15) is 28.8 Å². The molecule has 3 aromatic rings. The lowest BCUT2D eigenvalue weighted by Gasteiger charge is -2.04. The van der Waals surface area contributed by atoms with Crippen molar-refractivity contribution in [3.8, 4) is 0 Å². The maximum atomic E-state index is 13.0. The maximum Gasteiger partial charge on any atom is 0.306 e. The van der Waals surface area contributed by atoms with Gasteiger partial charge >= 0.3 is 11.9 Å². The molecular weight excluding hydrogens is 516 g/mol. The van der Waals surface area contributed by atoms with Gasteiger partial charge in [0, 0.05) is 25.9 Å². The summed E-state index contributed by atoms with van der Waals surface area (Å²) in [6, 6.07) is 2.70.